The van der Waals surface area contributed by atoms with Crippen molar-refractivity contribution >= 4 is 11.7 Å². The van der Waals surface area contributed by atoms with E-state index in [1.807, 2.05) is 11.9 Å². The summed E-state index contributed by atoms with van der Waals surface area (Å²) >= 11 is 0. The van der Waals surface area contributed by atoms with Gasteiger partial charge < -0.3 is 20.6 Å². The summed E-state index contributed by atoms with van der Waals surface area (Å²) < 4.78 is 5.33. The molecule has 0 spiro atoms. The van der Waals surface area contributed by atoms with Crippen LogP contribution in [0.1, 0.15) is 12.0 Å². The first-order chi connectivity index (χ1) is 8.24. The molecule has 1 aromatic heterocycles. The molecule has 1 aliphatic rings. The highest BCUT2D eigenvalue weighted by Crippen LogP contribution is 2.20. The molecule has 1 atom stereocenters. The maximum Gasteiger partial charge on any atom is 0.173 e. The van der Waals surface area contributed by atoms with E-state index in [4.69, 9.17) is 15.7 Å². The van der Waals surface area contributed by atoms with Crippen molar-refractivity contribution in [2.75, 3.05) is 25.2 Å². The van der Waals surface area contributed by atoms with Crippen LogP contribution in [-0.4, -0.2) is 47.5 Å². The van der Waals surface area contributed by atoms with Gasteiger partial charge in [0.25, 0.3) is 0 Å². The van der Waals surface area contributed by atoms with Crippen LogP contribution in [0, 0.1) is 0 Å². The van der Waals surface area contributed by atoms with Crippen molar-refractivity contribution in [1.29, 1.82) is 0 Å². The van der Waals surface area contributed by atoms with E-state index in [9.17, 15) is 0 Å². The molecule has 0 radical (unpaired) electrons. The Bertz CT molecular complexity index is 417. The highest BCUT2D eigenvalue weighted by atomic mass is 16.5. The molecule has 1 unspecified atom stereocenters. The van der Waals surface area contributed by atoms with E-state index in [0.29, 0.717) is 18.0 Å². The van der Waals surface area contributed by atoms with Gasteiger partial charge >= 0.3 is 0 Å². The van der Waals surface area contributed by atoms with Crippen molar-refractivity contribution in [1.82, 2.24) is 10.2 Å². The minimum Gasteiger partial charge on any atom is -0.409 e. The molecule has 17 heavy (non-hydrogen) atoms. The topological polar surface area (TPSA) is 96.9 Å². The van der Waals surface area contributed by atoms with Crippen molar-refractivity contribution in [3.05, 3.63) is 17.8 Å². The molecule has 2 rings (SSSR count). The maximum absolute atomic E-state index is 8.73. The standard InChI is InChI=1S/C10H15N5O2/c1-15(7-3-5-17-6-7)10-8(9(11)14-16)2-4-12-13-10/h2,4,7,16H,3,5-6H2,1H3,(H2,11,14). The molecule has 7 nitrogen and oxygen atoms in total. The fourth-order valence-electron chi connectivity index (χ4n) is 1.84. The van der Waals surface area contributed by atoms with E-state index in [1.54, 1.807) is 6.07 Å². The number of ether oxygens (including phenoxy) is 1. The second-order valence-corrected chi connectivity index (χ2v) is 3.88. The molecule has 2 heterocycles. The molecule has 1 aliphatic heterocycles. The average molecular weight is 237 g/mol. The van der Waals surface area contributed by atoms with Crippen LogP contribution in [-0.2, 0) is 4.74 Å². The van der Waals surface area contributed by atoms with Gasteiger partial charge in [-0.15, -0.1) is 5.10 Å². The number of hydrogen-bond donors (Lipinski definition) is 2. The summed E-state index contributed by atoms with van der Waals surface area (Å²) in [5.41, 5.74) is 6.17. The molecule has 1 saturated heterocycles. The number of anilines is 1. The Labute approximate surface area is 98.9 Å². The van der Waals surface area contributed by atoms with Gasteiger partial charge in [0.1, 0.15) is 0 Å². The van der Waals surface area contributed by atoms with Crippen LogP contribution in [0.2, 0.25) is 0 Å². The quantitative estimate of drug-likeness (QED) is 0.327. The predicted octanol–water partition coefficient (Wildman–Crippen LogP) is -0.204. The molecule has 3 N–H and O–H groups in total. The predicted molar refractivity (Wildman–Crippen MR) is 62.2 cm³/mol. The first-order valence-corrected chi connectivity index (χ1v) is 5.34. The Morgan fingerprint density at radius 2 is 2.53 bits per heavy atom. The van der Waals surface area contributed by atoms with Crippen molar-refractivity contribution in [2.24, 2.45) is 10.9 Å². The van der Waals surface area contributed by atoms with E-state index in [-0.39, 0.29) is 11.9 Å². The number of hydrogen-bond acceptors (Lipinski definition) is 6. The third-order valence-electron chi connectivity index (χ3n) is 2.87. The lowest BCUT2D eigenvalue weighted by Crippen LogP contribution is -2.34. The second kappa shape index (κ2) is 4.96. The number of amidine groups is 1. The molecular weight excluding hydrogens is 222 g/mol. The van der Waals surface area contributed by atoms with Crippen molar-refractivity contribution in [3.63, 3.8) is 0 Å². The molecular formula is C10H15N5O2. The van der Waals surface area contributed by atoms with Crippen molar-refractivity contribution < 1.29 is 9.94 Å². The number of rotatable bonds is 3. The average Bonchev–Trinajstić information content (AvgIpc) is 2.91. The summed E-state index contributed by atoms with van der Waals surface area (Å²) in [5, 5.41) is 19.6. The third-order valence-corrected chi connectivity index (χ3v) is 2.87. The zero-order valence-electron chi connectivity index (χ0n) is 9.58. The van der Waals surface area contributed by atoms with Gasteiger partial charge in [-0.1, -0.05) is 5.16 Å². The molecule has 1 aromatic rings. The van der Waals surface area contributed by atoms with Gasteiger partial charge in [-0.05, 0) is 12.5 Å². The second-order valence-electron chi connectivity index (χ2n) is 3.88. The van der Waals surface area contributed by atoms with Gasteiger partial charge in [-0.3, -0.25) is 0 Å². The monoisotopic (exact) mass is 237 g/mol. The van der Waals surface area contributed by atoms with E-state index in [0.717, 1.165) is 13.0 Å². The van der Waals surface area contributed by atoms with Crippen LogP contribution in [0.15, 0.2) is 17.4 Å². The lowest BCUT2D eigenvalue weighted by Gasteiger charge is -2.25. The van der Waals surface area contributed by atoms with Gasteiger partial charge in [-0.2, -0.15) is 5.10 Å². The summed E-state index contributed by atoms with van der Waals surface area (Å²) in [6.45, 7) is 1.40. The molecule has 0 aliphatic carbocycles. The molecule has 0 aromatic carbocycles. The first-order valence-electron chi connectivity index (χ1n) is 5.34. The zero-order valence-corrected chi connectivity index (χ0v) is 9.58. The lowest BCUT2D eigenvalue weighted by atomic mass is 10.2. The van der Waals surface area contributed by atoms with Crippen LogP contribution in [0.3, 0.4) is 0 Å². The molecule has 0 bridgehead atoms. The van der Waals surface area contributed by atoms with Gasteiger partial charge in [0.15, 0.2) is 11.7 Å². The summed E-state index contributed by atoms with van der Waals surface area (Å²) in [4.78, 5) is 1.95. The summed E-state index contributed by atoms with van der Waals surface area (Å²) in [6.07, 6.45) is 2.44. The summed E-state index contributed by atoms with van der Waals surface area (Å²) in [7, 11) is 1.90. The molecule has 7 heteroatoms. The van der Waals surface area contributed by atoms with Crippen LogP contribution >= 0.6 is 0 Å². The first kappa shape index (κ1) is 11.6. The fourth-order valence-corrected chi connectivity index (χ4v) is 1.84. The van der Waals surface area contributed by atoms with Gasteiger partial charge in [-0.25, -0.2) is 0 Å². The Morgan fingerprint density at radius 1 is 1.71 bits per heavy atom. The van der Waals surface area contributed by atoms with E-state index < -0.39 is 0 Å². The van der Waals surface area contributed by atoms with Crippen LogP contribution < -0.4 is 10.6 Å². The number of aromatic nitrogens is 2. The van der Waals surface area contributed by atoms with Crippen molar-refractivity contribution in [3.8, 4) is 0 Å². The Morgan fingerprint density at radius 3 is 3.18 bits per heavy atom. The van der Waals surface area contributed by atoms with Gasteiger partial charge in [0, 0.05) is 13.7 Å². The lowest BCUT2D eigenvalue weighted by molar-refractivity contribution is 0.193. The highest BCUT2D eigenvalue weighted by molar-refractivity contribution is 6.01. The third kappa shape index (κ3) is 2.28. The number of oxime groups is 1. The van der Waals surface area contributed by atoms with E-state index in [2.05, 4.69) is 15.4 Å². The minimum absolute atomic E-state index is 0.0284. The molecule has 0 amide bonds. The number of nitrogens with two attached hydrogens (primary N) is 1. The summed E-state index contributed by atoms with van der Waals surface area (Å²) in [6, 6.07) is 1.92. The van der Waals surface area contributed by atoms with E-state index in [1.165, 1.54) is 6.20 Å². The SMILES string of the molecule is CN(c1nnccc1/C(N)=N/O)C1CCOC1. The molecule has 0 saturated carbocycles. The zero-order chi connectivity index (χ0) is 12.3. The van der Waals surface area contributed by atoms with Gasteiger partial charge in [0.2, 0.25) is 0 Å². The van der Waals surface area contributed by atoms with Crippen LogP contribution in [0.25, 0.3) is 0 Å². The Hall–Kier alpha value is -1.89. The number of nitrogens with zero attached hydrogens (tertiary/aromatic N) is 4. The maximum atomic E-state index is 8.73. The molecule has 1 fully saturated rings. The largest absolute Gasteiger partial charge is 0.409 e. The van der Waals surface area contributed by atoms with Gasteiger partial charge in [0.05, 0.1) is 24.4 Å². The smallest absolute Gasteiger partial charge is 0.173 e. The van der Waals surface area contributed by atoms with Crippen LogP contribution in [0.4, 0.5) is 5.82 Å². The highest BCUT2D eigenvalue weighted by Gasteiger charge is 2.24. The Balaban J connectivity index is 2.30. The van der Waals surface area contributed by atoms with E-state index >= 15 is 0 Å². The normalized spacial score (nSPS) is 20.5. The molecule has 92 valence electrons. The van der Waals surface area contributed by atoms with Crippen LogP contribution in [0.5, 0.6) is 0 Å². The van der Waals surface area contributed by atoms with Crippen molar-refractivity contribution in [2.45, 2.75) is 12.5 Å². The fraction of sp³-hybridized carbons (Fsp3) is 0.500. The number of likely N-dealkylation sites (N-methyl/N-ethyl adjacent to an activating group) is 1. The Kier molecular flexibility index (Phi) is 3.38. The minimum atomic E-state index is 0.0284. The summed E-state index contributed by atoms with van der Waals surface area (Å²) in [5.74, 6) is 0.624.